The number of hydrogen-bond donors (Lipinski definition) is 1. The molecule has 0 fully saturated rings. The molecule has 1 N–H and O–H groups in total. The topological polar surface area (TPSA) is 101 Å². The van der Waals surface area contributed by atoms with Crippen molar-refractivity contribution in [2.75, 3.05) is 6.61 Å². The number of nitrogens with zero attached hydrogens (tertiary/aromatic N) is 2. The highest BCUT2D eigenvalue weighted by Crippen LogP contribution is 2.44. The molecule has 4 rings (SSSR count). The Morgan fingerprint density at radius 3 is 2.20 bits per heavy atom. The van der Waals surface area contributed by atoms with Crippen LogP contribution in [0, 0.1) is 11.3 Å². The number of ether oxygens (including phenoxy) is 2. The van der Waals surface area contributed by atoms with Crippen LogP contribution in [-0.2, 0) is 20.7 Å². The van der Waals surface area contributed by atoms with E-state index in [0.29, 0.717) is 11.3 Å². The van der Waals surface area contributed by atoms with Gasteiger partial charge in [-0.05, 0) is 55.2 Å². The molecule has 1 aromatic heterocycles. The molecule has 1 aliphatic rings. The maximum Gasteiger partial charge on any atom is 0.407 e. The fourth-order valence-corrected chi connectivity index (χ4v) is 4.17. The van der Waals surface area contributed by atoms with Crippen LogP contribution >= 0.6 is 0 Å². The van der Waals surface area contributed by atoms with Crippen molar-refractivity contribution in [1.82, 2.24) is 10.3 Å². The van der Waals surface area contributed by atoms with Crippen molar-refractivity contribution in [2.24, 2.45) is 0 Å². The van der Waals surface area contributed by atoms with Crippen LogP contribution in [0.5, 0.6) is 0 Å². The van der Waals surface area contributed by atoms with Gasteiger partial charge in [0, 0.05) is 24.2 Å². The highest BCUT2D eigenvalue weighted by molar-refractivity contribution is 5.82. The molecule has 0 bridgehead atoms. The van der Waals surface area contributed by atoms with Crippen LogP contribution in [0.4, 0.5) is 4.79 Å². The van der Waals surface area contributed by atoms with Crippen LogP contribution in [0.1, 0.15) is 49.1 Å². The number of nitrogens with one attached hydrogen (secondary N) is 1. The molecule has 0 spiro atoms. The molecule has 1 heterocycles. The number of esters is 1. The molecule has 7 heteroatoms. The van der Waals surface area contributed by atoms with E-state index in [9.17, 15) is 9.59 Å². The van der Waals surface area contributed by atoms with E-state index in [4.69, 9.17) is 14.7 Å². The predicted molar refractivity (Wildman–Crippen MR) is 130 cm³/mol. The Hall–Kier alpha value is -4.18. The van der Waals surface area contributed by atoms with E-state index >= 15 is 0 Å². The quantitative estimate of drug-likeness (QED) is 0.523. The Labute approximate surface area is 204 Å². The molecule has 0 radical (unpaired) electrons. The zero-order valence-corrected chi connectivity index (χ0v) is 19.9. The number of benzene rings is 2. The molecule has 0 aliphatic heterocycles. The van der Waals surface area contributed by atoms with Gasteiger partial charge in [0.05, 0.1) is 5.56 Å². The Morgan fingerprint density at radius 1 is 1.03 bits per heavy atom. The molecule has 1 aliphatic carbocycles. The van der Waals surface area contributed by atoms with Crippen molar-refractivity contribution in [3.8, 4) is 17.2 Å². The number of rotatable bonds is 6. The molecule has 2 aromatic carbocycles. The molecular formula is C28H27N3O4. The standard InChI is InChI=1S/C28H27N3O4/c1-28(2,3)35-26(32)25(14-19-13-12-18(15-29)16-30-19)31-27(33)34-17-24-22-10-6-4-8-20(22)21-9-5-7-11-23(21)24/h4-13,16,24-25H,14,17H2,1-3H3,(H,31,33)/t25-/m0/s1. The minimum atomic E-state index is -0.995. The van der Waals surface area contributed by atoms with Gasteiger partial charge < -0.3 is 14.8 Å². The van der Waals surface area contributed by atoms with Gasteiger partial charge >= 0.3 is 12.1 Å². The first-order valence-corrected chi connectivity index (χ1v) is 11.4. The number of alkyl carbamates (subject to hydrolysis) is 1. The average molecular weight is 470 g/mol. The van der Waals surface area contributed by atoms with E-state index < -0.39 is 23.7 Å². The third-order valence-corrected chi connectivity index (χ3v) is 5.69. The Morgan fingerprint density at radius 2 is 1.66 bits per heavy atom. The lowest BCUT2D eigenvalue weighted by Gasteiger charge is -2.24. The van der Waals surface area contributed by atoms with Crippen LogP contribution < -0.4 is 5.32 Å². The monoisotopic (exact) mass is 469 g/mol. The van der Waals surface area contributed by atoms with Gasteiger partial charge in [0.1, 0.15) is 24.3 Å². The van der Waals surface area contributed by atoms with Crippen molar-refractivity contribution in [1.29, 1.82) is 5.26 Å². The Bertz CT molecular complexity index is 1230. The van der Waals surface area contributed by atoms with Crippen molar-refractivity contribution in [3.63, 3.8) is 0 Å². The third-order valence-electron chi connectivity index (χ3n) is 5.69. The minimum absolute atomic E-state index is 0.0895. The largest absolute Gasteiger partial charge is 0.458 e. The van der Waals surface area contributed by atoms with E-state index in [2.05, 4.69) is 22.4 Å². The number of aromatic nitrogens is 1. The van der Waals surface area contributed by atoms with Gasteiger partial charge in [-0.2, -0.15) is 5.26 Å². The summed E-state index contributed by atoms with van der Waals surface area (Å²) >= 11 is 0. The zero-order chi connectivity index (χ0) is 25.0. The number of carbonyl (C=O) groups excluding carboxylic acids is 2. The van der Waals surface area contributed by atoms with Crippen LogP contribution in [0.3, 0.4) is 0 Å². The maximum absolute atomic E-state index is 12.8. The van der Waals surface area contributed by atoms with Gasteiger partial charge in [-0.1, -0.05) is 48.5 Å². The highest BCUT2D eigenvalue weighted by Gasteiger charge is 2.31. The van der Waals surface area contributed by atoms with Crippen molar-refractivity contribution in [3.05, 3.63) is 89.2 Å². The van der Waals surface area contributed by atoms with Crippen molar-refractivity contribution in [2.45, 2.75) is 44.8 Å². The third kappa shape index (κ3) is 5.67. The van der Waals surface area contributed by atoms with E-state index in [1.165, 1.54) is 6.20 Å². The summed E-state index contributed by atoms with van der Waals surface area (Å²) in [6.45, 7) is 5.41. The van der Waals surface area contributed by atoms with Gasteiger partial charge in [-0.3, -0.25) is 4.98 Å². The van der Waals surface area contributed by atoms with Crippen molar-refractivity contribution >= 4 is 12.1 Å². The number of amides is 1. The molecule has 3 aromatic rings. The molecule has 7 nitrogen and oxygen atoms in total. The van der Waals surface area contributed by atoms with Crippen LogP contribution in [0.25, 0.3) is 11.1 Å². The number of carbonyl (C=O) groups is 2. The molecule has 0 saturated heterocycles. The van der Waals surface area contributed by atoms with Crippen LogP contribution in [-0.4, -0.2) is 35.3 Å². The predicted octanol–water partition coefficient (Wildman–Crippen LogP) is 4.74. The highest BCUT2D eigenvalue weighted by atomic mass is 16.6. The average Bonchev–Trinajstić information content (AvgIpc) is 3.15. The molecule has 1 atom stereocenters. The summed E-state index contributed by atoms with van der Waals surface area (Å²) in [7, 11) is 0. The fourth-order valence-electron chi connectivity index (χ4n) is 4.17. The summed E-state index contributed by atoms with van der Waals surface area (Å²) in [6.07, 6.45) is 0.816. The molecule has 0 saturated carbocycles. The van der Waals surface area contributed by atoms with E-state index in [1.807, 2.05) is 42.5 Å². The molecule has 1 amide bonds. The lowest BCUT2D eigenvalue weighted by atomic mass is 9.98. The van der Waals surface area contributed by atoms with Crippen molar-refractivity contribution < 1.29 is 19.1 Å². The number of nitriles is 1. The molecular weight excluding hydrogens is 442 g/mol. The first-order valence-electron chi connectivity index (χ1n) is 11.4. The fraction of sp³-hybridized carbons (Fsp3) is 0.286. The minimum Gasteiger partial charge on any atom is -0.458 e. The first kappa shape index (κ1) is 24.0. The lowest BCUT2D eigenvalue weighted by Crippen LogP contribution is -2.46. The van der Waals surface area contributed by atoms with Gasteiger partial charge in [0.15, 0.2) is 0 Å². The Kier molecular flexibility index (Phi) is 6.83. The second-order valence-corrected chi connectivity index (χ2v) is 9.41. The summed E-state index contributed by atoms with van der Waals surface area (Å²) in [6, 6.07) is 20.4. The first-order chi connectivity index (χ1) is 16.7. The summed E-state index contributed by atoms with van der Waals surface area (Å²) in [5.74, 6) is -0.675. The van der Waals surface area contributed by atoms with Crippen LogP contribution in [0.15, 0.2) is 66.9 Å². The van der Waals surface area contributed by atoms with Gasteiger partial charge in [0.2, 0.25) is 0 Å². The molecule has 35 heavy (non-hydrogen) atoms. The Balaban J connectivity index is 1.47. The number of fused-ring (bicyclic) bond motifs is 3. The van der Waals surface area contributed by atoms with Crippen LogP contribution in [0.2, 0.25) is 0 Å². The van der Waals surface area contributed by atoms with E-state index in [0.717, 1.165) is 22.3 Å². The van der Waals surface area contributed by atoms with Gasteiger partial charge in [-0.25, -0.2) is 9.59 Å². The SMILES string of the molecule is CC(C)(C)OC(=O)[C@H](Cc1ccc(C#N)cn1)NC(=O)OCC1c2ccccc2-c2ccccc21. The second-order valence-electron chi connectivity index (χ2n) is 9.41. The lowest BCUT2D eigenvalue weighted by molar-refractivity contribution is -0.157. The second kappa shape index (κ2) is 9.98. The number of hydrogen-bond acceptors (Lipinski definition) is 6. The molecule has 0 unspecified atom stereocenters. The summed E-state index contributed by atoms with van der Waals surface area (Å²) in [4.78, 5) is 29.8. The summed E-state index contributed by atoms with van der Waals surface area (Å²) < 4.78 is 11.1. The molecule has 178 valence electrons. The summed E-state index contributed by atoms with van der Waals surface area (Å²) in [5.41, 5.74) is 4.70. The normalized spacial score (nSPS) is 13.2. The summed E-state index contributed by atoms with van der Waals surface area (Å²) in [5, 5.41) is 11.6. The number of pyridine rings is 1. The smallest absolute Gasteiger partial charge is 0.407 e. The zero-order valence-electron chi connectivity index (χ0n) is 19.9. The van der Waals surface area contributed by atoms with Gasteiger partial charge in [-0.15, -0.1) is 0 Å². The van der Waals surface area contributed by atoms with E-state index in [1.54, 1.807) is 32.9 Å². The van der Waals surface area contributed by atoms with E-state index in [-0.39, 0.29) is 18.9 Å². The van der Waals surface area contributed by atoms with Gasteiger partial charge in [0.25, 0.3) is 0 Å². The maximum atomic E-state index is 12.8.